The fourth-order valence-corrected chi connectivity index (χ4v) is 3.96. The van der Waals surface area contributed by atoms with Gasteiger partial charge in [0.15, 0.2) is 0 Å². The van der Waals surface area contributed by atoms with E-state index in [0.29, 0.717) is 28.7 Å². The van der Waals surface area contributed by atoms with Gasteiger partial charge in [0.2, 0.25) is 5.91 Å². The first-order chi connectivity index (χ1) is 9.13. The summed E-state index contributed by atoms with van der Waals surface area (Å²) in [5.74, 6) is 2.23. The van der Waals surface area contributed by atoms with E-state index in [1.165, 1.54) is 25.7 Å². The van der Waals surface area contributed by atoms with Crippen LogP contribution in [0.2, 0.25) is 5.02 Å². The number of halogens is 1. The molecule has 2 fully saturated rings. The summed E-state index contributed by atoms with van der Waals surface area (Å²) in [4.78, 5) is 12.1. The average molecular weight is 279 g/mol. The number of amides is 1. The van der Waals surface area contributed by atoms with E-state index >= 15 is 0 Å². The van der Waals surface area contributed by atoms with Crippen molar-refractivity contribution >= 4 is 28.9 Å². The fourth-order valence-electron chi connectivity index (χ4n) is 3.73. The van der Waals surface area contributed by atoms with Crippen LogP contribution < -0.4 is 11.1 Å². The number of hydrogen-bond donors (Lipinski definition) is 2. The van der Waals surface area contributed by atoms with Gasteiger partial charge < -0.3 is 11.1 Å². The first kappa shape index (κ1) is 12.8. The van der Waals surface area contributed by atoms with Crippen LogP contribution in [-0.2, 0) is 4.79 Å². The van der Waals surface area contributed by atoms with Gasteiger partial charge in [-0.05, 0) is 49.1 Å². The monoisotopic (exact) mass is 278 g/mol. The highest BCUT2D eigenvalue weighted by atomic mass is 35.5. The van der Waals surface area contributed by atoms with Crippen molar-refractivity contribution in [3.05, 3.63) is 23.2 Å². The van der Waals surface area contributed by atoms with Crippen LogP contribution in [0.3, 0.4) is 0 Å². The molecule has 0 aromatic heterocycles. The molecular formula is C15H19ClN2O. The lowest BCUT2D eigenvalue weighted by Crippen LogP contribution is -2.20. The fraction of sp³-hybridized carbons (Fsp3) is 0.533. The third-order valence-electron chi connectivity index (χ3n) is 4.64. The van der Waals surface area contributed by atoms with E-state index in [0.717, 1.165) is 11.8 Å². The molecule has 0 aliphatic heterocycles. The second-order valence-corrected chi connectivity index (χ2v) is 6.30. The molecule has 2 aliphatic rings. The van der Waals surface area contributed by atoms with Crippen molar-refractivity contribution in [2.45, 2.75) is 32.1 Å². The minimum absolute atomic E-state index is 0.0392. The van der Waals surface area contributed by atoms with Crippen molar-refractivity contribution in [3.8, 4) is 0 Å². The van der Waals surface area contributed by atoms with E-state index in [4.69, 9.17) is 17.3 Å². The number of carbonyl (C=O) groups is 1. The van der Waals surface area contributed by atoms with Gasteiger partial charge in [-0.2, -0.15) is 0 Å². The molecule has 2 aliphatic carbocycles. The van der Waals surface area contributed by atoms with Crippen molar-refractivity contribution in [2.75, 3.05) is 11.1 Å². The van der Waals surface area contributed by atoms with Gasteiger partial charge >= 0.3 is 0 Å². The number of rotatable bonds is 3. The van der Waals surface area contributed by atoms with Gasteiger partial charge in [0, 0.05) is 6.42 Å². The molecule has 3 atom stereocenters. The molecule has 0 heterocycles. The Labute approximate surface area is 118 Å². The molecule has 3 unspecified atom stereocenters. The Morgan fingerprint density at radius 1 is 1.37 bits per heavy atom. The van der Waals surface area contributed by atoms with Crippen molar-refractivity contribution in [1.29, 1.82) is 0 Å². The summed E-state index contributed by atoms with van der Waals surface area (Å²) in [5.41, 5.74) is 6.91. The highest BCUT2D eigenvalue weighted by Crippen LogP contribution is 2.49. The Balaban J connectivity index is 1.62. The van der Waals surface area contributed by atoms with E-state index in [1.54, 1.807) is 18.2 Å². The number of nitrogens with one attached hydrogen (secondary N) is 1. The Hall–Kier alpha value is -1.22. The number of anilines is 2. The van der Waals surface area contributed by atoms with Crippen molar-refractivity contribution < 1.29 is 4.79 Å². The van der Waals surface area contributed by atoms with Crippen molar-refractivity contribution in [1.82, 2.24) is 0 Å². The molecule has 1 amide bonds. The highest BCUT2D eigenvalue weighted by Gasteiger charge is 2.40. The number of hydrogen-bond acceptors (Lipinski definition) is 2. The van der Waals surface area contributed by atoms with Gasteiger partial charge in [-0.3, -0.25) is 4.79 Å². The predicted molar refractivity (Wildman–Crippen MR) is 78.0 cm³/mol. The van der Waals surface area contributed by atoms with Gasteiger partial charge in [0.1, 0.15) is 0 Å². The van der Waals surface area contributed by atoms with Crippen LogP contribution >= 0.6 is 11.6 Å². The molecule has 3 rings (SSSR count). The molecular weight excluding hydrogens is 260 g/mol. The Kier molecular flexibility index (Phi) is 3.40. The molecule has 0 radical (unpaired) electrons. The quantitative estimate of drug-likeness (QED) is 0.829. The second-order valence-electron chi connectivity index (χ2n) is 5.89. The first-order valence-corrected chi connectivity index (χ1v) is 7.35. The topological polar surface area (TPSA) is 55.1 Å². The highest BCUT2D eigenvalue weighted by molar-refractivity contribution is 6.34. The van der Waals surface area contributed by atoms with Gasteiger partial charge in [-0.15, -0.1) is 0 Å². The smallest absolute Gasteiger partial charge is 0.224 e. The largest absolute Gasteiger partial charge is 0.397 e. The lowest BCUT2D eigenvalue weighted by molar-refractivity contribution is -0.117. The zero-order valence-electron chi connectivity index (χ0n) is 10.9. The summed E-state index contributed by atoms with van der Waals surface area (Å²) in [6, 6.07) is 5.27. The molecule has 1 aromatic carbocycles. The van der Waals surface area contributed by atoms with Crippen LogP contribution in [0.1, 0.15) is 32.1 Å². The Bertz CT molecular complexity index is 483. The summed E-state index contributed by atoms with van der Waals surface area (Å²) in [7, 11) is 0. The molecule has 0 spiro atoms. The standard InChI is InChI=1S/C15H19ClN2O/c16-12-2-1-3-13(17)15(12)18-14(19)8-11-7-9-4-5-10(11)6-9/h1-3,9-11H,4-8,17H2,(H,18,19). The normalized spacial score (nSPS) is 28.6. The molecule has 2 saturated carbocycles. The van der Waals surface area contributed by atoms with Gasteiger partial charge in [-0.25, -0.2) is 0 Å². The number of carbonyl (C=O) groups excluding carboxylic acids is 1. The summed E-state index contributed by atoms with van der Waals surface area (Å²) in [6.07, 6.45) is 5.81. The molecule has 0 saturated heterocycles. The van der Waals surface area contributed by atoms with Crippen LogP contribution in [-0.4, -0.2) is 5.91 Å². The summed E-state index contributed by atoms with van der Waals surface area (Å²) in [5, 5.41) is 3.37. The van der Waals surface area contributed by atoms with Crippen LogP contribution in [0, 0.1) is 17.8 Å². The number of nitrogens with two attached hydrogens (primary N) is 1. The lowest BCUT2D eigenvalue weighted by Gasteiger charge is -2.21. The van der Waals surface area contributed by atoms with E-state index in [2.05, 4.69) is 5.32 Å². The van der Waals surface area contributed by atoms with E-state index in [-0.39, 0.29) is 5.91 Å². The second kappa shape index (κ2) is 5.04. The summed E-state index contributed by atoms with van der Waals surface area (Å²) >= 11 is 6.06. The van der Waals surface area contributed by atoms with Crippen LogP contribution in [0.4, 0.5) is 11.4 Å². The molecule has 19 heavy (non-hydrogen) atoms. The van der Waals surface area contributed by atoms with E-state index in [1.807, 2.05) is 0 Å². The minimum Gasteiger partial charge on any atom is -0.397 e. The van der Waals surface area contributed by atoms with Crippen LogP contribution in [0.15, 0.2) is 18.2 Å². The van der Waals surface area contributed by atoms with Gasteiger partial charge in [0.05, 0.1) is 16.4 Å². The molecule has 2 bridgehead atoms. The zero-order valence-corrected chi connectivity index (χ0v) is 11.6. The number of para-hydroxylation sites is 1. The zero-order chi connectivity index (χ0) is 13.4. The Morgan fingerprint density at radius 3 is 2.84 bits per heavy atom. The van der Waals surface area contributed by atoms with Crippen molar-refractivity contribution in [2.24, 2.45) is 17.8 Å². The summed E-state index contributed by atoms with van der Waals surface area (Å²) < 4.78 is 0. The number of benzene rings is 1. The summed E-state index contributed by atoms with van der Waals surface area (Å²) in [6.45, 7) is 0. The number of fused-ring (bicyclic) bond motifs is 2. The van der Waals surface area contributed by atoms with Crippen molar-refractivity contribution in [3.63, 3.8) is 0 Å². The maximum absolute atomic E-state index is 12.1. The molecule has 102 valence electrons. The average Bonchev–Trinajstić information content (AvgIpc) is 2.96. The van der Waals surface area contributed by atoms with Gasteiger partial charge in [0.25, 0.3) is 0 Å². The third kappa shape index (κ3) is 2.57. The minimum atomic E-state index is 0.0392. The van der Waals surface area contributed by atoms with Gasteiger partial charge in [-0.1, -0.05) is 24.1 Å². The maximum Gasteiger partial charge on any atom is 0.224 e. The lowest BCUT2D eigenvalue weighted by atomic mass is 9.86. The van der Waals surface area contributed by atoms with Crippen LogP contribution in [0.5, 0.6) is 0 Å². The molecule has 3 N–H and O–H groups in total. The number of nitrogen functional groups attached to an aromatic ring is 1. The van der Waals surface area contributed by atoms with E-state index < -0.39 is 0 Å². The molecule has 1 aromatic rings. The maximum atomic E-state index is 12.1. The predicted octanol–water partition coefficient (Wildman–Crippen LogP) is 3.69. The van der Waals surface area contributed by atoms with Crippen LogP contribution in [0.25, 0.3) is 0 Å². The molecule has 4 heteroatoms. The first-order valence-electron chi connectivity index (χ1n) is 6.97. The molecule has 3 nitrogen and oxygen atoms in total. The van der Waals surface area contributed by atoms with E-state index in [9.17, 15) is 4.79 Å². The SMILES string of the molecule is Nc1cccc(Cl)c1NC(=O)CC1CC2CCC1C2. The third-order valence-corrected chi connectivity index (χ3v) is 4.96. The Morgan fingerprint density at radius 2 is 2.21 bits per heavy atom.